The molecule has 0 radical (unpaired) electrons. The fourth-order valence-electron chi connectivity index (χ4n) is 1.68. The van der Waals surface area contributed by atoms with Crippen LogP contribution in [0.1, 0.15) is 17.3 Å². The highest BCUT2D eigenvalue weighted by atomic mass is 16.7. The molecule has 19 heavy (non-hydrogen) atoms. The summed E-state index contributed by atoms with van der Waals surface area (Å²) in [6, 6.07) is 5.31. The van der Waals surface area contributed by atoms with Crippen molar-refractivity contribution in [3.8, 4) is 0 Å². The first-order valence-corrected chi connectivity index (χ1v) is 5.61. The van der Waals surface area contributed by atoms with E-state index in [0.29, 0.717) is 0 Å². The van der Waals surface area contributed by atoms with E-state index in [1.165, 1.54) is 32.4 Å². The van der Waals surface area contributed by atoms with Crippen LogP contribution in [0.25, 0.3) is 0 Å². The number of carbonyl (C=O) groups is 1. The summed E-state index contributed by atoms with van der Waals surface area (Å²) in [6.45, 7) is 1.68. The van der Waals surface area contributed by atoms with Crippen LogP contribution in [-0.4, -0.2) is 37.4 Å². The molecule has 1 rings (SSSR count). The molecule has 7 heteroatoms. The molecule has 0 aliphatic carbocycles. The smallest absolute Gasteiger partial charge is 0.282 e. The van der Waals surface area contributed by atoms with Gasteiger partial charge in [-0.15, -0.1) is 0 Å². The Kier molecular flexibility index (Phi) is 5.40. The van der Waals surface area contributed by atoms with E-state index in [1.54, 1.807) is 13.0 Å². The zero-order chi connectivity index (χ0) is 14.4. The van der Waals surface area contributed by atoms with Gasteiger partial charge in [0.1, 0.15) is 5.56 Å². The van der Waals surface area contributed by atoms with Crippen molar-refractivity contribution in [3.05, 3.63) is 39.9 Å². The van der Waals surface area contributed by atoms with Crippen molar-refractivity contribution in [2.24, 2.45) is 0 Å². The van der Waals surface area contributed by atoms with Crippen molar-refractivity contribution in [1.82, 2.24) is 5.32 Å². The van der Waals surface area contributed by atoms with Crippen LogP contribution in [0.3, 0.4) is 0 Å². The zero-order valence-corrected chi connectivity index (χ0v) is 11.0. The molecule has 0 spiro atoms. The van der Waals surface area contributed by atoms with Crippen molar-refractivity contribution in [3.63, 3.8) is 0 Å². The van der Waals surface area contributed by atoms with Gasteiger partial charge in [0.05, 0.1) is 11.0 Å². The quantitative estimate of drug-likeness (QED) is 0.477. The summed E-state index contributed by atoms with van der Waals surface area (Å²) in [5, 5.41) is 13.4. The maximum absolute atomic E-state index is 12.0. The Morgan fingerprint density at radius 3 is 2.42 bits per heavy atom. The van der Waals surface area contributed by atoms with Crippen molar-refractivity contribution in [2.45, 2.75) is 19.3 Å². The lowest BCUT2D eigenvalue weighted by Gasteiger charge is -2.22. The number of ether oxygens (including phenoxy) is 2. The van der Waals surface area contributed by atoms with Crippen LogP contribution in [0, 0.1) is 10.1 Å². The maximum Gasteiger partial charge on any atom is 0.282 e. The van der Waals surface area contributed by atoms with Crippen molar-refractivity contribution in [1.29, 1.82) is 0 Å². The van der Waals surface area contributed by atoms with Gasteiger partial charge in [-0.05, 0) is 13.0 Å². The molecule has 0 saturated carbocycles. The van der Waals surface area contributed by atoms with Crippen LogP contribution >= 0.6 is 0 Å². The fourth-order valence-corrected chi connectivity index (χ4v) is 1.68. The van der Waals surface area contributed by atoms with Gasteiger partial charge >= 0.3 is 0 Å². The minimum Gasteiger partial charge on any atom is -0.354 e. The number of methoxy groups -OCH3 is 2. The van der Waals surface area contributed by atoms with Crippen LogP contribution in [0.4, 0.5) is 5.69 Å². The summed E-state index contributed by atoms with van der Waals surface area (Å²) in [7, 11) is 2.89. The monoisotopic (exact) mass is 268 g/mol. The van der Waals surface area contributed by atoms with Gasteiger partial charge in [-0.3, -0.25) is 14.9 Å². The Morgan fingerprint density at radius 2 is 1.89 bits per heavy atom. The summed E-state index contributed by atoms with van der Waals surface area (Å²) in [6.07, 6.45) is -0.619. The molecule has 0 bridgehead atoms. The maximum atomic E-state index is 12.0. The Morgan fingerprint density at radius 1 is 1.32 bits per heavy atom. The molecule has 0 fully saturated rings. The standard InChI is InChI=1S/C12H16N2O5/c1-8(12(18-2)19-3)13-11(15)9-6-4-5-7-10(9)14(16)17/h4-8,12H,1-3H3,(H,13,15). The summed E-state index contributed by atoms with van der Waals surface area (Å²) in [5.41, 5.74) is -0.233. The minimum absolute atomic E-state index is 0.00491. The third-order valence-corrected chi connectivity index (χ3v) is 2.58. The Hall–Kier alpha value is -1.99. The number of benzene rings is 1. The molecule has 1 aromatic rings. The summed E-state index contributed by atoms with van der Waals surface area (Å²) >= 11 is 0. The molecule has 0 saturated heterocycles. The second-order valence-corrected chi connectivity index (χ2v) is 3.88. The van der Waals surface area contributed by atoms with Gasteiger partial charge in [0.2, 0.25) is 0 Å². The number of nitrogens with zero attached hydrogens (tertiary/aromatic N) is 1. The lowest BCUT2D eigenvalue weighted by atomic mass is 10.1. The van der Waals surface area contributed by atoms with Gasteiger partial charge in [-0.25, -0.2) is 0 Å². The third-order valence-electron chi connectivity index (χ3n) is 2.58. The Bertz CT molecular complexity index is 459. The Labute approximate surface area is 110 Å². The molecule has 7 nitrogen and oxygen atoms in total. The van der Waals surface area contributed by atoms with Crippen molar-refractivity contribution < 1.29 is 19.2 Å². The Balaban J connectivity index is 2.87. The molecule has 0 aromatic heterocycles. The highest BCUT2D eigenvalue weighted by Gasteiger charge is 2.23. The zero-order valence-electron chi connectivity index (χ0n) is 11.0. The molecule has 1 amide bonds. The van der Waals surface area contributed by atoms with Crippen LogP contribution in [0.15, 0.2) is 24.3 Å². The van der Waals surface area contributed by atoms with Crippen LogP contribution < -0.4 is 5.32 Å². The van der Waals surface area contributed by atoms with E-state index in [0.717, 1.165) is 0 Å². The number of rotatable bonds is 6. The SMILES string of the molecule is COC(OC)C(C)NC(=O)c1ccccc1[N+](=O)[O-]. The lowest BCUT2D eigenvalue weighted by Crippen LogP contribution is -2.43. The second kappa shape index (κ2) is 6.81. The van der Waals surface area contributed by atoms with Crippen LogP contribution in [0.2, 0.25) is 0 Å². The normalized spacial score (nSPS) is 12.2. The van der Waals surface area contributed by atoms with Gasteiger partial charge < -0.3 is 14.8 Å². The topological polar surface area (TPSA) is 90.7 Å². The largest absolute Gasteiger partial charge is 0.354 e. The molecule has 104 valence electrons. The number of nitro groups is 1. The average molecular weight is 268 g/mol. The van der Waals surface area contributed by atoms with E-state index in [9.17, 15) is 14.9 Å². The number of hydrogen-bond donors (Lipinski definition) is 1. The summed E-state index contributed by atoms with van der Waals surface area (Å²) in [5.74, 6) is -0.543. The van der Waals surface area contributed by atoms with Gasteiger partial charge in [0, 0.05) is 20.3 Å². The first-order chi connectivity index (χ1) is 9.01. The van der Waals surface area contributed by atoms with Crippen molar-refractivity contribution >= 4 is 11.6 Å². The second-order valence-electron chi connectivity index (χ2n) is 3.88. The molecule has 0 aliphatic heterocycles. The average Bonchev–Trinajstić information content (AvgIpc) is 2.40. The molecular formula is C12H16N2O5. The van der Waals surface area contributed by atoms with E-state index in [1.807, 2.05) is 0 Å². The fraction of sp³-hybridized carbons (Fsp3) is 0.417. The highest BCUT2D eigenvalue weighted by molar-refractivity contribution is 5.98. The van der Waals surface area contributed by atoms with Crippen molar-refractivity contribution in [2.75, 3.05) is 14.2 Å². The van der Waals surface area contributed by atoms with Crippen LogP contribution in [0.5, 0.6) is 0 Å². The van der Waals surface area contributed by atoms with E-state index >= 15 is 0 Å². The predicted molar refractivity (Wildman–Crippen MR) is 67.8 cm³/mol. The number of para-hydroxylation sites is 1. The number of nitrogens with one attached hydrogen (secondary N) is 1. The molecule has 1 atom stereocenters. The number of carbonyl (C=O) groups excluding carboxylic acids is 1. The minimum atomic E-state index is -0.619. The van der Waals surface area contributed by atoms with Gasteiger partial charge in [-0.1, -0.05) is 12.1 Å². The number of hydrogen-bond acceptors (Lipinski definition) is 5. The van der Waals surface area contributed by atoms with Gasteiger partial charge in [-0.2, -0.15) is 0 Å². The highest BCUT2D eigenvalue weighted by Crippen LogP contribution is 2.17. The molecule has 1 aromatic carbocycles. The number of amides is 1. The molecule has 1 N–H and O–H groups in total. The first kappa shape index (κ1) is 15.1. The van der Waals surface area contributed by atoms with Gasteiger partial charge in [0.25, 0.3) is 11.6 Å². The summed E-state index contributed by atoms with van der Waals surface area (Å²) in [4.78, 5) is 22.2. The third kappa shape index (κ3) is 3.73. The predicted octanol–water partition coefficient (Wildman–Crippen LogP) is 1.33. The van der Waals surface area contributed by atoms with E-state index in [2.05, 4.69) is 5.32 Å². The number of nitro benzene ring substituents is 1. The molecular weight excluding hydrogens is 252 g/mol. The van der Waals surface area contributed by atoms with E-state index in [4.69, 9.17) is 9.47 Å². The molecule has 1 unspecified atom stereocenters. The molecule has 0 aliphatic rings. The molecule has 0 heterocycles. The van der Waals surface area contributed by atoms with E-state index < -0.39 is 23.2 Å². The van der Waals surface area contributed by atoms with Gasteiger partial charge in [0.15, 0.2) is 6.29 Å². The van der Waals surface area contributed by atoms with Crippen LogP contribution in [-0.2, 0) is 9.47 Å². The lowest BCUT2D eigenvalue weighted by molar-refractivity contribution is -0.385. The first-order valence-electron chi connectivity index (χ1n) is 5.61. The summed E-state index contributed by atoms with van der Waals surface area (Å²) < 4.78 is 10.0. The van der Waals surface area contributed by atoms with E-state index in [-0.39, 0.29) is 11.3 Å².